The number of pyridine rings is 1. The molecule has 0 aliphatic rings. The molecule has 190 valence electrons. The Morgan fingerprint density at radius 3 is 2.45 bits per heavy atom. The van der Waals surface area contributed by atoms with E-state index < -0.39 is 11.7 Å². The van der Waals surface area contributed by atoms with Crippen molar-refractivity contribution in [2.24, 2.45) is 21.1 Å². The Balaban J connectivity index is 1.56. The van der Waals surface area contributed by atoms with E-state index in [9.17, 15) is 14.0 Å². The Morgan fingerprint density at radius 1 is 0.947 bits per heavy atom. The van der Waals surface area contributed by atoms with Crippen molar-refractivity contribution in [2.45, 2.75) is 0 Å². The van der Waals surface area contributed by atoms with Crippen LogP contribution in [-0.4, -0.2) is 46.2 Å². The van der Waals surface area contributed by atoms with Crippen LogP contribution in [0.2, 0.25) is 0 Å². The normalized spacial score (nSPS) is 11.5. The van der Waals surface area contributed by atoms with E-state index in [0.717, 1.165) is 27.9 Å². The smallest absolute Gasteiger partial charge is 0.328 e. The average molecular weight is 511 g/mol. The van der Waals surface area contributed by atoms with Crippen LogP contribution in [0.15, 0.2) is 66.0 Å². The van der Waals surface area contributed by atoms with E-state index in [1.807, 2.05) is 34.4 Å². The fraction of sp³-hybridized carbons (Fsp3) is 0.148. The lowest BCUT2D eigenvalue weighted by Crippen LogP contribution is -2.19. The topological polar surface area (TPSA) is 105 Å². The Labute approximate surface area is 215 Å². The maximum absolute atomic E-state index is 14.7. The van der Waals surface area contributed by atoms with E-state index in [2.05, 4.69) is 15.3 Å². The second kappa shape index (κ2) is 8.51. The summed E-state index contributed by atoms with van der Waals surface area (Å²) in [5, 5.41) is 2.43. The molecule has 6 rings (SSSR count). The number of rotatable bonds is 4. The molecule has 0 spiro atoms. The maximum atomic E-state index is 14.7. The summed E-state index contributed by atoms with van der Waals surface area (Å²) in [4.78, 5) is 38.2. The van der Waals surface area contributed by atoms with Crippen LogP contribution in [0, 0.1) is 5.82 Å². The number of halogens is 1. The van der Waals surface area contributed by atoms with Gasteiger partial charge in [0.15, 0.2) is 5.82 Å². The fourth-order valence-electron chi connectivity index (χ4n) is 4.77. The SMILES string of the molecule is CNC(=O)c1ccc(-c2cc3nc(-c4cncn4C)n(-c4ccc5c(c4)n(C)c(=O)n5C)c3cn2)cc1F. The molecule has 10 nitrogen and oxygen atoms in total. The molecule has 0 aliphatic carbocycles. The summed E-state index contributed by atoms with van der Waals surface area (Å²) in [6.45, 7) is 0. The number of imidazole rings is 3. The second-order valence-electron chi connectivity index (χ2n) is 9.07. The van der Waals surface area contributed by atoms with Gasteiger partial charge in [-0.1, -0.05) is 6.07 Å². The Morgan fingerprint density at radius 2 is 1.74 bits per heavy atom. The van der Waals surface area contributed by atoms with Crippen molar-refractivity contribution >= 4 is 28.0 Å². The molecule has 38 heavy (non-hydrogen) atoms. The molecule has 4 heterocycles. The highest BCUT2D eigenvalue weighted by molar-refractivity contribution is 5.95. The summed E-state index contributed by atoms with van der Waals surface area (Å²) in [6.07, 6.45) is 5.12. The minimum Gasteiger partial charge on any atom is -0.355 e. The van der Waals surface area contributed by atoms with Crippen molar-refractivity contribution < 1.29 is 9.18 Å². The lowest BCUT2D eigenvalue weighted by Gasteiger charge is -2.11. The minimum atomic E-state index is -0.633. The first kappa shape index (κ1) is 23.3. The first-order valence-electron chi connectivity index (χ1n) is 11.8. The molecule has 0 atom stereocenters. The van der Waals surface area contributed by atoms with E-state index in [-0.39, 0.29) is 11.3 Å². The summed E-state index contributed by atoms with van der Waals surface area (Å²) >= 11 is 0. The molecule has 0 saturated carbocycles. The highest BCUT2D eigenvalue weighted by Crippen LogP contribution is 2.31. The Bertz CT molecular complexity index is 1960. The van der Waals surface area contributed by atoms with Gasteiger partial charge >= 0.3 is 5.69 Å². The highest BCUT2D eigenvalue weighted by Gasteiger charge is 2.20. The lowest BCUT2D eigenvalue weighted by molar-refractivity contribution is 0.0959. The van der Waals surface area contributed by atoms with Crippen molar-refractivity contribution in [3.05, 3.63) is 83.1 Å². The number of benzene rings is 2. The summed E-state index contributed by atoms with van der Waals surface area (Å²) < 4.78 is 21.7. The van der Waals surface area contributed by atoms with Crippen molar-refractivity contribution in [1.82, 2.24) is 38.5 Å². The molecule has 6 aromatic rings. The number of carbonyl (C=O) groups excluding carboxylic acids is 1. The number of carbonyl (C=O) groups is 1. The van der Waals surface area contributed by atoms with Gasteiger partial charge in [-0.3, -0.25) is 23.5 Å². The van der Waals surface area contributed by atoms with Gasteiger partial charge in [0, 0.05) is 33.8 Å². The van der Waals surface area contributed by atoms with Crippen molar-refractivity contribution in [3.8, 4) is 28.5 Å². The van der Waals surface area contributed by atoms with Gasteiger partial charge in [0.05, 0.1) is 57.7 Å². The Kier molecular flexibility index (Phi) is 5.23. The van der Waals surface area contributed by atoms with Gasteiger partial charge in [-0.05, 0) is 36.4 Å². The third kappa shape index (κ3) is 3.43. The number of aromatic nitrogens is 7. The molecule has 0 aliphatic heterocycles. The number of aryl methyl sites for hydroxylation is 3. The largest absolute Gasteiger partial charge is 0.355 e. The number of nitrogens with zero attached hydrogens (tertiary/aromatic N) is 7. The quantitative estimate of drug-likeness (QED) is 0.392. The molecule has 1 amide bonds. The van der Waals surface area contributed by atoms with Crippen LogP contribution in [0.5, 0.6) is 0 Å². The summed E-state index contributed by atoms with van der Waals surface area (Å²) in [5.41, 5.74) is 5.44. The van der Waals surface area contributed by atoms with E-state index in [0.29, 0.717) is 22.6 Å². The molecule has 2 aromatic carbocycles. The van der Waals surface area contributed by atoms with Crippen LogP contribution < -0.4 is 11.0 Å². The standard InChI is InChI=1S/C27H23FN8O2/c1-29-26(37)17-7-5-15(9-18(17)28)19-11-20-23(13-31-19)36(25(32-20)24-12-30-14-33(24)2)16-6-8-21-22(10-16)35(4)27(38)34(21)3/h5-14H,1-4H3,(H,29,37). The van der Waals surface area contributed by atoms with Crippen LogP contribution in [0.1, 0.15) is 10.4 Å². The molecule has 0 bridgehead atoms. The number of hydrogen-bond acceptors (Lipinski definition) is 5. The van der Waals surface area contributed by atoms with Crippen LogP contribution in [0.4, 0.5) is 4.39 Å². The predicted octanol–water partition coefficient (Wildman–Crippen LogP) is 3.18. The predicted molar refractivity (Wildman–Crippen MR) is 142 cm³/mol. The van der Waals surface area contributed by atoms with Crippen LogP contribution in [0.25, 0.3) is 50.5 Å². The second-order valence-corrected chi connectivity index (χ2v) is 9.07. The number of nitrogens with one attached hydrogen (secondary N) is 1. The van der Waals surface area contributed by atoms with Crippen molar-refractivity contribution in [2.75, 3.05) is 7.05 Å². The summed E-state index contributed by atoms with van der Waals surface area (Å²) in [5.74, 6) is -0.489. The Hall–Kier alpha value is -5.06. The third-order valence-corrected chi connectivity index (χ3v) is 6.84. The highest BCUT2D eigenvalue weighted by atomic mass is 19.1. The first-order valence-corrected chi connectivity index (χ1v) is 11.8. The summed E-state index contributed by atoms with van der Waals surface area (Å²) in [7, 11) is 6.82. The maximum Gasteiger partial charge on any atom is 0.328 e. The van der Waals surface area contributed by atoms with Gasteiger partial charge < -0.3 is 9.88 Å². The first-order chi connectivity index (χ1) is 18.3. The molecule has 0 unspecified atom stereocenters. The molecule has 0 radical (unpaired) electrons. The molecule has 11 heteroatoms. The van der Waals surface area contributed by atoms with Gasteiger partial charge in [0.2, 0.25) is 0 Å². The average Bonchev–Trinajstić information content (AvgIpc) is 3.58. The number of hydrogen-bond donors (Lipinski definition) is 1. The van der Waals surface area contributed by atoms with Crippen LogP contribution in [-0.2, 0) is 21.1 Å². The van der Waals surface area contributed by atoms with Crippen LogP contribution in [0.3, 0.4) is 0 Å². The molecular formula is C27H23FN8O2. The van der Waals surface area contributed by atoms with Gasteiger partial charge in [0.25, 0.3) is 5.91 Å². The van der Waals surface area contributed by atoms with Gasteiger partial charge in [-0.25, -0.2) is 19.2 Å². The van der Waals surface area contributed by atoms with Gasteiger partial charge in [-0.15, -0.1) is 0 Å². The van der Waals surface area contributed by atoms with E-state index in [1.54, 1.807) is 54.1 Å². The number of fused-ring (bicyclic) bond motifs is 2. The molecule has 1 N–H and O–H groups in total. The zero-order valence-corrected chi connectivity index (χ0v) is 21.1. The van der Waals surface area contributed by atoms with Crippen molar-refractivity contribution in [3.63, 3.8) is 0 Å². The van der Waals surface area contributed by atoms with E-state index >= 15 is 0 Å². The van der Waals surface area contributed by atoms with Crippen LogP contribution >= 0.6 is 0 Å². The van der Waals surface area contributed by atoms with E-state index in [4.69, 9.17) is 4.98 Å². The van der Waals surface area contributed by atoms with Gasteiger partial charge in [0.1, 0.15) is 11.5 Å². The molecule has 4 aromatic heterocycles. The third-order valence-electron chi connectivity index (χ3n) is 6.84. The minimum absolute atomic E-state index is 0.0363. The molecule has 0 fully saturated rings. The van der Waals surface area contributed by atoms with Crippen molar-refractivity contribution in [1.29, 1.82) is 0 Å². The molecular weight excluding hydrogens is 487 g/mol. The zero-order valence-electron chi connectivity index (χ0n) is 21.1. The molecule has 0 saturated heterocycles. The van der Waals surface area contributed by atoms with Gasteiger partial charge in [-0.2, -0.15) is 0 Å². The summed E-state index contributed by atoms with van der Waals surface area (Å²) in [6, 6.07) is 12.0. The van der Waals surface area contributed by atoms with E-state index in [1.165, 1.54) is 19.2 Å². The zero-order chi connectivity index (χ0) is 26.7. The number of amides is 1. The fourth-order valence-corrected chi connectivity index (χ4v) is 4.77. The monoisotopic (exact) mass is 510 g/mol. The lowest BCUT2D eigenvalue weighted by atomic mass is 10.1.